The van der Waals surface area contributed by atoms with E-state index in [9.17, 15) is 18.0 Å². The average molecular weight is 670 g/mol. The van der Waals surface area contributed by atoms with Gasteiger partial charge in [0.1, 0.15) is 17.7 Å². The SMILES string of the molecule is COc1cc2ccc(S(=O)(=O)N[C@@H](CCCN=C(N)N)C(=O)N(Cc3ccccc3)[C@@H](C)C(=O)OC(C)(C)C)cc2cc1OC.N#N. The lowest BCUT2D eigenvalue weighted by Gasteiger charge is -2.33. The third-order valence-electron chi connectivity index (χ3n) is 6.86. The lowest BCUT2D eigenvalue weighted by Crippen LogP contribution is -2.53. The van der Waals surface area contributed by atoms with Crippen molar-refractivity contribution in [3.63, 3.8) is 0 Å². The van der Waals surface area contributed by atoms with Crippen LogP contribution in [0.3, 0.4) is 0 Å². The number of ether oxygens (including phenoxy) is 3. The maximum atomic E-state index is 14.2. The van der Waals surface area contributed by atoms with Crippen LogP contribution in [-0.4, -0.2) is 69.6 Å². The summed E-state index contributed by atoms with van der Waals surface area (Å²) in [5, 5.41) is 13.3. The van der Waals surface area contributed by atoms with E-state index < -0.39 is 39.6 Å². The third-order valence-corrected chi connectivity index (χ3v) is 8.33. The Balaban J connectivity index is 0.00000376. The fourth-order valence-electron chi connectivity index (χ4n) is 4.61. The number of rotatable bonds is 14. The highest BCUT2D eigenvalue weighted by molar-refractivity contribution is 7.89. The molecule has 0 aliphatic carbocycles. The molecule has 0 heterocycles. The summed E-state index contributed by atoms with van der Waals surface area (Å²) in [7, 11) is -1.23. The Labute approximate surface area is 275 Å². The van der Waals surface area contributed by atoms with E-state index in [-0.39, 0.29) is 36.8 Å². The topological polar surface area (TPSA) is 223 Å². The molecule has 254 valence electrons. The van der Waals surface area contributed by atoms with Gasteiger partial charge >= 0.3 is 5.97 Å². The summed E-state index contributed by atoms with van der Waals surface area (Å²) in [6.07, 6.45) is 0.339. The van der Waals surface area contributed by atoms with Crippen molar-refractivity contribution in [3.8, 4) is 11.5 Å². The molecule has 3 aromatic carbocycles. The van der Waals surface area contributed by atoms with Gasteiger partial charge in [-0.15, -0.1) is 0 Å². The van der Waals surface area contributed by atoms with Crippen LogP contribution in [-0.2, 0) is 30.9 Å². The third kappa shape index (κ3) is 11.1. The van der Waals surface area contributed by atoms with Crippen LogP contribution >= 0.6 is 0 Å². The molecule has 0 bridgehead atoms. The zero-order valence-corrected chi connectivity index (χ0v) is 28.3. The Hall–Kier alpha value is -4.94. The maximum Gasteiger partial charge on any atom is 0.329 e. The molecule has 0 saturated carbocycles. The highest BCUT2D eigenvalue weighted by Gasteiger charge is 2.35. The van der Waals surface area contributed by atoms with Gasteiger partial charge < -0.3 is 30.6 Å². The van der Waals surface area contributed by atoms with Crippen LogP contribution in [0, 0.1) is 10.8 Å². The second-order valence-electron chi connectivity index (χ2n) is 11.5. The number of methoxy groups -OCH3 is 2. The predicted octanol–water partition coefficient (Wildman–Crippen LogP) is 3.35. The first-order chi connectivity index (χ1) is 22.1. The molecule has 0 unspecified atom stereocenters. The van der Waals surface area contributed by atoms with Gasteiger partial charge in [-0.25, -0.2) is 13.2 Å². The number of esters is 1. The summed E-state index contributed by atoms with van der Waals surface area (Å²) in [5.74, 6) is -0.396. The molecule has 47 heavy (non-hydrogen) atoms. The fourth-order valence-corrected chi connectivity index (χ4v) is 5.87. The van der Waals surface area contributed by atoms with Crippen molar-refractivity contribution in [1.29, 1.82) is 10.8 Å². The summed E-state index contributed by atoms with van der Waals surface area (Å²) in [6, 6.07) is 14.8. The molecule has 0 aromatic heterocycles. The number of fused-ring (bicyclic) bond motifs is 1. The van der Waals surface area contributed by atoms with Crippen LogP contribution in [0.2, 0.25) is 0 Å². The Kier molecular flexibility index (Phi) is 13.9. The number of nitrogens with zero attached hydrogens (tertiary/aromatic N) is 4. The number of carbonyl (C=O) groups is 2. The maximum absolute atomic E-state index is 14.2. The lowest BCUT2D eigenvalue weighted by atomic mass is 10.1. The van der Waals surface area contributed by atoms with Crippen molar-refractivity contribution >= 4 is 38.6 Å². The molecule has 3 aromatic rings. The van der Waals surface area contributed by atoms with Crippen molar-refractivity contribution in [3.05, 3.63) is 66.2 Å². The average Bonchev–Trinajstić information content (AvgIpc) is 3.03. The first kappa shape index (κ1) is 38.2. The van der Waals surface area contributed by atoms with Crippen LogP contribution in [0.4, 0.5) is 0 Å². The number of amides is 1. The monoisotopic (exact) mass is 669 g/mol. The van der Waals surface area contributed by atoms with E-state index in [1.165, 1.54) is 31.3 Å². The van der Waals surface area contributed by atoms with Crippen molar-refractivity contribution in [2.24, 2.45) is 16.5 Å². The Morgan fingerprint density at radius 1 is 0.957 bits per heavy atom. The highest BCUT2D eigenvalue weighted by Crippen LogP contribution is 2.33. The summed E-state index contributed by atoms with van der Waals surface area (Å²) in [4.78, 5) is 32.6. The van der Waals surface area contributed by atoms with E-state index in [0.29, 0.717) is 16.9 Å². The van der Waals surface area contributed by atoms with Gasteiger partial charge in [0.2, 0.25) is 15.9 Å². The molecule has 0 aliphatic heterocycles. The van der Waals surface area contributed by atoms with Crippen molar-refractivity contribution < 1.29 is 32.2 Å². The Morgan fingerprint density at radius 2 is 1.55 bits per heavy atom. The van der Waals surface area contributed by atoms with Crippen LogP contribution in [0.5, 0.6) is 11.5 Å². The van der Waals surface area contributed by atoms with Crippen molar-refractivity contribution in [2.45, 2.75) is 69.7 Å². The molecule has 0 saturated heterocycles. The number of nitrogens with one attached hydrogen (secondary N) is 1. The molecule has 0 radical (unpaired) electrons. The van der Waals surface area contributed by atoms with Gasteiger partial charge in [-0.1, -0.05) is 36.4 Å². The van der Waals surface area contributed by atoms with Crippen LogP contribution in [0.1, 0.15) is 46.1 Å². The molecule has 0 fully saturated rings. The Morgan fingerprint density at radius 3 is 2.11 bits per heavy atom. The fraction of sp³-hybridized carbons (Fsp3) is 0.406. The van der Waals surface area contributed by atoms with Gasteiger partial charge in [0.05, 0.1) is 19.1 Å². The quantitative estimate of drug-likeness (QED) is 0.0742. The summed E-state index contributed by atoms with van der Waals surface area (Å²) < 4.78 is 46.5. The minimum Gasteiger partial charge on any atom is -0.493 e. The summed E-state index contributed by atoms with van der Waals surface area (Å²) in [5.41, 5.74) is 10.9. The van der Waals surface area contributed by atoms with Gasteiger partial charge in [0, 0.05) is 23.9 Å². The second kappa shape index (κ2) is 17.1. The zero-order valence-electron chi connectivity index (χ0n) is 27.5. The van der Waals surface area contributed by atoms with Gasteiger partial charge in [0.25, 0.3) is 0 Å². The van der Waals surface area contributed by atoms with E-state index in [1.807, 2.05) is 30.3 Å². The van der Waals surface area contributed by atoms with Crippen LogP contribution in [0.15, 0.2) is 70.6 Å². The number of sulfonamides is 1. The molecule has 5 N–H and O–H groups in total. The standard InChI is InChI=1S/C32H43N5O7S.N2/c1-21(30(39)44-32(2,3)4)37(20-22-11-8-7-9-12-22)29(38)26(13-10-16-35-31(33)34)36-45(40,41)25-15-14-23-18-27(42-5)28(43-6)19-24(23)17-25;1-2/h7-9,11-12,14-15,17-19,21,26,36H,10,13,16,20H2,1-6H3,(H4,33,34,35);/t21-,26-;/m0./s1. The molecular formula is C32H43N7O7S. The molecule has 1 amide bonds. The number of benzene rings is 3. The summed E-state index contributed by atoms with van der Waals surface area (Å²) in [6.45, 7) is 6.98. The minimum atomic E-state index is -4.24. The van der Waals surface area contributed by atoms with E-state index in [2.05, 4.69) is 9.71 Å². The van der Waals surface area contributed by atoms with E-state index in [4.69, 9.17) is 36.5 Å². The van der Waals surface area contributed by atoms with Crippen LogP contribution < -0.4 is 25.7 Å². The molecule has 0 spiro atoms. The molecule has 0 aliphatic rings. The number of carbonyl (C=O) groups excluding carboxylic acids is 2. The minimum absolute atomic E-state index is 0.0454. The number of guanidine groups is 1. The number of hydrogen-bond donors (Lipinski definition) is 3. The van der Waals surface area contributed by atoms with Gasteiger partial charge in [-0.05, 0) is 81.1 Å². The van der Waals surface area contributed by atoms with Crippen molar-refractivity contribution in [2.75, 3.05) is 20.8 Å². The largest absolute Gasteiger partial charge is 0.493 e. The highest BCUT2D eigenvalue weighted by atomic mass is 32.2. The van der Waals surface area contributed by atoms with Gasteiger partial charge in [-0.2, -0.15) is 4.72 Å². The first-order valence-corrected chi connectivity index (χ1v) is 16.1. The molecular weight excluding hydrogens is 626 g/mol. The predicted molar refractivity (Wildman–Crippen MR) is 177 cm³/mol. The van der Waals surface area contributed by atoms with E-state index in [0.717, 1.165) is 10.9 Å². The molecule has 15 heteroatoms. The number of aliphatic imine (C=N–C) groups is 1. The van der Waals surface area contributed by atoms with Crippen molar-refractivity contribution in [1.82, 2.24) is 9.62 Å². The van der Waals surface area contributed by atoms with E-state index in [1.54, 1.807) is 45.9 Å². The number of nitrogens with two attached hydrogens (primary N) is 2. The second-order valence-corrected chi connectivity index (χ2v) is 13.2. The zero-order chi connectivity index (χ0) is 35.4. The molecule has 3 rings (SSSR count). The van der Waals surface area contributed by atoms with Crippen LogP contribution in [0.25, 0.3) is 10.8 Å². The normalized spacial score (nSPS) is 12.5. The lowest BCUT2D eigenvalue weighted by molar-refractivity contribution is -0.164. The number of hydrogen-bond acceptors (Lipinski definition) is 10. The van der Waals surface area contributed by atoms with Gasteiger partial charge in [0.15, 0.2) is 17.5 Å². The Bertz CT molecular complexity index is 1670. The van der Waals surface area contributed by atoms with Gasteiger partial charge in [-0.3, -0.25) is 9.79 Å². The van der Waals surface area contributed by atoms with E-state index >= 15 is 0 Å². The summed E-state index contributed by atoms with van der Waals surface area (Å²) >= 11 is 0. The molecule has 14 nitrogen and oxygen atoms in total. The molecule has 2 atom stereocenters. The first-order valence-electron chi connectivity index (χ1n) is 14.7. The smallest absolute Gasteiger partial charge is 0.329 e.